The number of methoxy groups -OCH3 is 1. The number of likely N-dealkylation sites (N-methyl/N-ethyl adjacent to an activating group) is 1. The highest BCUT2D eigenvalue weighted by molar-refractivity contribution is 5.92. The Morgan fingerprint density at radius 1 is 1.25 bits per heavy atom. The first-order chi connectivity index (χ1) is 11.5. The number of rotatable bonds is 6. The lowest BCUT2D eigenvalue weighted by molar-refractivity contribution is 0.306. The van der Waals surface area contributed by atoms with Gasteiger partial charge in [-0.3, -0.25) is 4.99 Å². The number of hydrogen-bond acceptors (Lipinski definition) is 3. The monoisotopic (exact) mass is 330 g/mol. The Morgan fingerprint density at radius 3 is 2.54 bits per heavy atom. The molecule has 0 saturated carbocycles. The molecule has 5 nitrogen and oxygen atoms in total. The van der Waals surface area contributed by atoms with Crippen LogP contribution in [-0.4, -0.2) is 38.6 Å². The summed E-state index contributed by atoms with van der Waals surface area (Å²) in [7, 11) is 5.47. The molecule has 0 bridgehead atoms. The second-order valence-electron chi connectivity index (χ2n) is 5.61. The molecule has 0 aliphatic heterocycles. The minimum Gasteiger partial charge on any atom is -0.497 e. The van der Waals surface area contributed by atoms with E-state index in [0.29, 0.717) is 12.5 Å². The number of nitrogens with one attached hydrogen (secondary N) is 1. The Morgan fingerprint density at radius 2 is 1.96 bits per heavy atom. The van der Waals surface area contributed by atoms with Gasteiger partial charge in [-0.05, 0) is 56.1 Å². The number of nitrogens with zero attached hydrogens (tertiary/aromatic N) is 2. The number of ether oxygens (including phenoxy) is 1. The molecule has 0 fully saturated rings. The topological polar surface area (TPSA) is 62.9 Å². The van der Waals surface area contributed by atoms with E-state index in [2.05, 4.69) is 10.3 Å². The van der Waals surface area contributed by atoms with Gasteiger partial charge in [-0.2, -0.15) is 0 Å². The van der Waals surface area contributed by atoms with Crippen molar-refractivity contribution < 1.29 is 9.13 Å². The van der Waals surface area contributed by atoms with E-state index >= 15 is 0 Å². The molecule has 6 heteroatoms. The molecule has 0 amide bonds. The maximum atomic E-state index is 13.4. The van der Waals surface area contributed by atoms with E-state index in [0.717, 1.165) is 17.0 Å². The molecule has 0 aliphatic rings. The average Bonchev–Trinajstić information content (AvgIpc) is 2.55. The summed E-state index contributed by atoms with van der Waals surface area (Å²) in [6.45, 7) is 0.422. The largest absolute Gasteiger partial charge is 0.497 e. The molecule has 0 aliphatic carbocycles. The van der Waals surface area contributed by atoms with E-state index < -0.39 is 0 Å². The number of halogens is 1. The Balaban J connectivity index is 2.04. The summed E-state index contributed by atoms with van der Waals surface area (Å²) in [5.74, 6) is 0.825. The lowest BCUT2D eigenvalue weighted by Gasteiger charge is -2.23. The fraction of sp³-hybridized carbons (Fsp3) is 0.278. The molecule has 1 unspecified atom stereocenters. The van der Waals surface area contributed by atoms with Gasteiger partial charge in [-0.15, -0.1) is 0 Å². The maximum absolute atomic E-state index is 13.4. The number of nitrogens with two attached hydrogens (primary N) is 1. The number of anilines is 1. The summed E-state index contributed by atoms with van der Waals surface area (Å²) in [5, 5.41) is 3.03. The van der Waals surface area contributed by atoms with Crippen LogP contribution >= 0.6 is 0 Å². The Hall–Kier alpha value is -2.60. The van der Waals surface area contributed by atoms with Crippen LogP contribution in [0.4, 0.5) is 10.1 Å². The van der Waals surface area contributed by atoms with Crippen molar-refractivity contribution in [2.45, 2.75) is 6.04 Å². The van der Waals surface area contributed by atoms with Gasteiger partial charge < -0.3 is 20.7 Å². The van der Waals surface area contributed by atoms with Gasteiger partial charge in [0.25, 0.3) is 0 Å². The molecule has 0 aromatic heterocycles. The quantitative estimate of drug-likeness (QED) is 0.631. The molecule has 1 atom stereocenters. The van der Waals surface area contributed by atoms with Crippen molar-refractivity contribution in [1.29, 1.82) is 0 Å². The zero-order chi connectivity index (χ0) is 17.5. The minimum absolute atomic E-state index is 0.0584. The molecule has 2 rings (SSSR count). The lowest BCUT2D eigenvalue weighted by Crippen LogP contribution is -2.27. The Labute approximate surface area is 142 Å². The fourth-order valence-corrected chi connectivity index (χ4v) is 2.33. The van der Waals surface area contributed by atoms with Crippen molar-refractivity contribution >= 4 is 11.6 Å². The summed E-state index contributed by atoms with van der Waals surface area (Å²) < 4.78 is 18.6. The number of aliphatic imine (C=N–C) groups is 1. The minimum atomic E-state index is -0.257. The zero-order valence-electron chi connectivity index (χ0n) is 14.2. The molecule has 2 aromatic carbocycles. The van der Waals surface area contributed by atoms with Gasteiger partial charge in [-0.25, -0.2) is 4.39 Å². The maximum Gasteiger partial charge on any atom is 0.193 e. The third-order valence-corrected chi connectivity index (χ3v) is 3.65. The zero-order valence-corrected chi connectivity index (χ0v) is 14.2. The molecular weight excluding hydrogens is 307 g/mol. The lowest BCUT2D eigenvalue weighted by atomic mass is 10.1. The Kier molecular flexibility index (Phi) is 6.14. The van der Waals surface area contributed by atoms with Gasteiger partial charge in [0.2, 0.25) is 0 Å². The van der Waals surface area contributed by atoms with Crippen LogP contribution in [0.1, 0.15) is 11.6 Å². The van der Waals surface area contributed by atoms with Gasteiger partial charge in [-0.1, -0.05) is 12.1 Å². The van der Waals surface area contributed by atoms with Crippen LogP contribution in [0.2, 0.25) is 0 Å². The molecule has 3 N–H and O–H groups in total. The van der Waals surface area contributed by atoms with Gasteiger partial charge in [0, 0.05) is 5.69 Å². The summed E-state index contributed by atoms with van der Waals surface area (Å²) in [4.78, 5) is 6.36. The van der Waals surface area contributed by atoms with E-state index in [1.807, 2.05) is 49.3 Å². The van der Waals surface area contributed by atoms with Crippen molar-refractivity contribution in [3.63, 3.8) is 0 Å². The van der Waals surface area contributed by atoms with Crippen LogP contribution < -0.4 is 15.8 Å². The van der Waals surface area contributed by atoms with E-state index in [-0.39, 0.29) is 11.9 Å². The highest BCUT2D eigenvalue weighted by Crippen LogP contribution is 2.19. The fourth-order valence-electron chi connectivity index (χ4n) is 2.33. The van der Waals surface area contributed by atoms with E-state index in [9.17, 15) is 4.39 Å². The first-order valence-corrected chi connectivity index (χ1v) is 7.62. The second-order valence-corrected chi connectivity index (χ2v) is 5.61. The van der Waals surface area contributed by atoms with Crippen LogP contribution in [0.5, 0.6) is 5.75 Å². The SMILES string of the molecule is COc1ccc(NC(N)=NCC(c2cccc(F)c2)N(C)C)cc1. The summed E-state index contributed by atoms with van der Waals surface area (Å²) in [5.41, 5.74) is 7.63. The van der Waals surface area contributed by atoms with Crippen LogP contribution in [0.15, 0.2) is 53.5 Å². The molecule has 0 spiro atoms. The first kappa shape index (κ1) is 17.7. The number of hydrogen-bond donors (Lipinski definition) is 2. The van der Waals surface area contributed by atoms with Crippen LogP contribution in [0.3, 0.4) is 0 Å². The molecule has 0 radical (unpaired) electrons. The molecular formula is C18H23FN4O. The van der Waals surface area contributed by atoms with E-state index in [1.165, 1.54) is 12.1 Å². The average molecular weight is 330 g/mol. The van der Waals surface area contributed by atoms with E-state index in [4.69, 9.17) is 10.5 Å². The summed E-state index contributed by atoms with van der Waals surface area (Å²) in [6.07, 6.45) is 0. The van der Waals surface area contributed by atoms with Crippen molar-refractivity contribution in [2.24, 2.45) is 10.7 Å². The predicted octanol–water partition coefficient (Wildman–Crippen LogP) is 2.86. The van der Waals surface area contributed by atoms with Crippen LogP contribution in [0, 0.1) is 5.82 Å². The molecule has 24 heavy (non-hydrogen) atoms. The summed E-state index contributed by atoms with van der Waals surface area (Å²) in [6, 6.07) is 13.9. The van der Waals surface area contributed by atoms with Gasteiger partial charge in [0.05, 0.1) is 19.7 Å². The summed E-state index contributed by atoms with van der Waals surface area (Å²) >= 11 is 0. The smallest absolute Gasteiger partial charge is 0.193 e. The normalized spacial score (nSPS) is 13.0. The molecule has 2 aromatic rings. The van der Waals surface area contributed by atoms with Gasteiger partial charge in [0.15, 0.2) is 5.96 Å². The standard InChI is InChI=1S/C18H23FN4O/c1-23(2)17(13-5-4-6-14(19)11-13)12-21-18(20)22-15-7-9-16(24-3)10-8-15/h4-11,17H,12H2,1-3H3,(H3,20,21,22). The predicted molar refractivity (Wildman–Crippen MR) is 95.9 cm³/mol. The molecule has 128 valence electrons. The van der Waals surface area contributed by atoms with E-state index in [1.54, 1.807) is 13.2 Å². The van der Waals surface area contributed by atoms with Crippen LogP contribution in [0.25, 0.3) is 0 Å². The Bertz CT molecular complexity index is 686. The molecule has 0 saturated heterocycles. The van der Waals surface area contributed by atoms with Gasteiger partial charge >= 0.3 is 0 Å². The second kappa shape index (κ2) is 8.31. The highest BCUT2D eigenvalue weighted by Gasteiger charge is 2.14. The number of benzene rings is 2. The van der Waals surface area contributed by atoms with Crippen LogP contribution in [-0.2, 0) is 0 Å². The first-order valence-electron chi connectivity index (χ1n) is 7.62. The number of guanidine groups is 1. The third kappa shape index (κ3) is 4.96. The highest BCUT2D eigenvalue weighted by atomic mass is 19.1. The third-order valence-electron chi connectivity index (χ3n) is 3.65. The van der Waals surface area contributed by atoms with Crippen molar-refractivity contribution in [1.82, 2.24) is 4.90 Å². The van der Waals surface area contributed by atoms with Crippen molar-refractivity contribution in [2.75, 3.05) is 33.1 Å². The van der Waals surface area contributed by atoms with Gasteiger partial charge in [0.1, 0.15) is 11.6 Å². The molecule has 0 heterocycles. The van der Waals surface area contributed by atoms with Crippen molar-refractivity contribution in [3.8, 4) is 5.75 Å². The van der Waals surface area contributed by atoms with Crippen molar-refractivity contribution in [3.05, 3.63) is 59.9 Å².